The van der Waals surface area contributed by atoms with Crippen molar-refractivity contribution in [3.05, 3.63) is 53.2 Å². The van der Waals surface area contributed by atoms with E-state index >= 15 is 0 Å². The molecule has 1 aromatic heterocycles. The molecule has 128 valence electrons. The van der Waals surface area contributed by atoms with E-state index in [1.54, 1.807) is 6.20 Å². The van der Waals surface area contributed by atoms with E-state index in [0.29, 0.717) is 24.4 Å². The Bertz CT molecular complexity index is 840. The van der Waals surface area contributed by atoms with E-state index in [4.69, 9.17) is 4.74 Å². The zero-order valence-corrected chi connectivity index (χ0v) is 14.0. The molecule has 0 amide bonds. The molecular formula is C19H20N4O2. The molecule has 4 rings (SSSR count). The summed E-state index contributed by atoms with van der Waals surface area (Å²) in [6, 6.07) is 7.77. The molecule has 1 fully saturated rings. The molecule has 2 aromatic rings. The summed E-state index contributed by atoms with van der Waals surface area (Å²) >= 11 is 0. The van der Waals surface area contributed by atoms with Crippen LogP contribution in [0.2, 0.25) is 0 Å². The Morgan fingerprint density at radius 3 is 2.84 bits per heavy atom. The third-order valence-corrected chi connectivity index (χ3v) is 4.80. The Labute approximate surface area is 146 Å². The second-order valence-electron chi connectivity index (χ2n) is 6.26. The summed E-state index contributed by atoms with van der Waals surface area (Å²) in [7, 11) is 0. The lowest BCUT2D eigenvalue weighted by atomic mass is 9.93. The van der Waals surface area contributed by atoms with Crippen LogP contribution in [0.4, 0.5) is 5.69 Å². The summed E-state index contributed by atoms with van der Waals surface area (Å²) in [5, 5.41) is 4.29. The highest BCUT2D eigenvalue weighted by molar-refractivity contribution is 5.97. The molecule has 1 unspecified atom stereocenters. The summed E-state index contributed by atoms with van der Waals surface area (Å²) in [6.07, 6.45) is 7.48. The number of aliphatic imine (C=N–C) groups is 1. The summed E-state index contributed by atoms with van der Waals surface area (Å²) in [4.78, 5) is 23.1. The fraction of sp³-hybridized carbons (Fsp3) is 0.368. The minimum atomic E-state index is -0.0621. The van der Waals surface area contributed by atoms with Crippen LogP contribution in [0.1, 0.15) is 24.4 Å². The number of allylic oxidation sites excluding steroid dienone is 1. The van der Waals surface area contributed by atoms with Crippen molar-refractivity contribution in [3.63, 3.8) is 0 Å². The Kier molecular flexibility index (Phi) is 4.63. The van der Waals surface area contributed by atoms with E-state index in [1.165, 1.54) is 0 Å². The summed E-state index contributed by atoms with van der Waals surface area (Å²) in [5.41, 5.74) is 3.04. The highest BCUT2D eigenvalue weighted by Gasteiger charge is 2.30. The number of ether oxygens (including phenoxy) is 1. The van der Waals surface area contributed by atoms with Crippen LogP contribution in [0.15, 0.2) is 52.9 Å². The van der Waals surface area contributed by atoms with E-state index in [2.05, 4.69) is 26.1 Å². The number of fused-ring (bicyclic) bond motifs is 1. The number of rotatable bonds is 4. The Morgan fingerprint density at radius 1 is 1.20 bits per heavy atom. The van der Waals surface area contributed by atoms with Crippen LogP contribution in [0.25, 0.3) is 10.9 Å². The Morgan fingerprint density at radius 2 is 2.08 bits per heavy atom. The SMILES string of the molecule is O=Nc1c(C(C2=NC=CCC2)N2CCOCC2)ccc2cccnc12. The van der Waals surface area contributed by atoms with Crippen molar-refractivity contribution in [2.45, 2.75) is 18.9 Å². The van der Waals surface area contributed by atoms with Crippen molar-refractivity contribution >= 4 is 22.3 Å². The first-order chi connectivity index (χ1) is 12.4. The lowest BCUT2D eigenvalue weighted by Gasteiger charge is -2.36. The van der Waals surface area contributed by atoms with Crippen LogP contribution in [-0.2, 0) is 4.74 Å². The van der Waals surface area contributed by atoms with E-state index < -0.39 is 0 Å². The second-order valence-corrected chi connectivity index (χ2v) is 6.26. The molecule has 6 nitrogen and oxygen atoms in total. The van der Waals surface area contributed by atoms with Crippen molar-refractivity contribution in [1.82, 2.24) is 9.88 Å². The fourth-order valence-electron chi connectivity index (χ4n) is 3.61. The van der Waals surface area contributed by atoms with Crippen molar-refractivity contribution < 1.29 is 4.74 Å². The van der Waals surface area contributed by atoms with Gasteiger partial charge in [-0.15, -0.1) is 4.91 Å². The number of nitrogens with zero attached hydrogens (tertiary/aromatic N) is 4. The molecule has 1 saturated heterocycles. The first-order valence-electron chi connectivity index (χ1n) is 8.63. The maximum Gasteiger partial charge on any atom is 0.139 e. The van der Waals surface area contributed by atoms with Crippen LogP contribution in [0.3, 0.4) is 0 Å². The Hall–Kier alpha value is -2.44. The predicted octanol–water partition coefficient (Wildman–Crippen LogP) is 3.75. The van der Waals surface area contributed by atoms with Gasteiger partial charge in [-0.2, -0.15) is 0 Å². The third-order valence-electron chi connectivity index (χ3n) is 4.80. The summed E-state index contributed by atoms with van der Waals surface area (Å²) < 4.78 is 5.51. The number of benzene rings is 1. The first kappa shape index (κ1) is 16.1. The average Bonchev–Trinajstić information content (AvgIpc) is 2.69. The van der Waals surface area contributed by atoms with Gasteiger partial charge in [-0.25, -0.2) is 0 Å². The zero-order valence-electron chi connectivity index (χ0n) is 14.0. The monoisotopic (exact) mass is 336 g/mol. The number of hydrogen-bond acceptors (Lipinski definition) is 6. The summed E-state index contributed by atoms with van der Waals surface area (Å²) in [5.74, 6) is 0. The minimum Gasteiger partial charge on any atom is -0.379 e. The molecule has 0 aliphatic carbocycles. The highest BCUT2D eigenvalue weighted by Crippen LogP contribution is 2.37. The van der Waals surface area contributed by atoms with Crippen LogP contribution in [-0.4, -0.2) is 41.9 Å². The van der Waals surface area contributed by atoms with Crippen molar-refractivity contribution in [3.8, 4) is 0 Å². The van der Waals surface area contributed by atoms with E-state index in [0.717, 1.165) is 42.6 Å². The normalized spacial score (nSPS) is 19.6. The Balaban J connectivity index is 1.86. The number of morpholine rings is 1. The first-order valence-corrected chi connectivity index (χ1v) is 8.63. The topological polar surface area (TPSA) is 67.2 Å². The van der Waals surface area contributed by atoms with Gasteiger partial charge in [-0.05, 0) is 24.1 Å². The molecule has 1 aromatic carbocycles. The molecular weight excluding hydrogens is 316 g/mol. The van der Waals surface area contributed by atoms with Gasteiger partial charge in [0.05, 0.1) is 24.8 Å². The quantitative estimate of drug-likeness (QED) is 0.797. The van der Waals surface area contributed by atoms with Crippen molar-refractivity contribution in [2.24, 2.45) is 10.2 Å². The van der Waals surface area contributed by atoms with Crippen LogP contribution < -0.4 is 0 Å². The maximum atomic E-state index is 11.7. The fourth-order valence-corrected chi connectivity index (χ4v) is 3.61. The van der Waals surface area contributed by atoms with E-state index in [1.807, 2.05) is 30.5 Å². The highest BCUT2D eigenvalue weighted by atomic mass is 16.5. The molecule has 25 heavy (non-hydrogen) atoms. The van der Waals surface area contributed by atoms with Gasteiger partial charge in [0.2, 0.25) is 0 Å². The minimum absolute atomic E-state index is 0.0621. The van der Waals surface area contributed by atoms with E-state index in [-0.39, 0.29) is 6.04 Å². The van der Waals surface area contributed by atoms with Gasteiger partial charge in [0.25, 0.3) is 0 Å². The molecule has 6 heteroatoms. The number of pyridine rings is 1. The van der Waals surface area contributed by atoms with Crippen LogP contribution >= 0.6 is 0 Å². The number of aromatic nitrogens is 1. The average molecular weight is 336 g/mol. The molecule has 2 aliphatic heterocycles. The van der Waals surface area contributed by atoms with Crippen molar-refractivity contribution in [1.29, 1.82) is 0 Å². The molecule has 1 atom stereocenters. The smallest absolute Gasteiger partial charge is 0.139 e. The molecule has 3 heterocycles. The van der Waals surface area contributed by atoms with Gasteiger partial charge in [0.1, 0.15) is 5.69 Å². The number of nitroso groups, excluding NO2 is 1. The number of hydrogen-bond donors (Lipinski definition) is 0. The molecule has 0 radical (unpaired) electrons. The van der Waals surface area contributed by atoms with Crippen LogP contribution in [0, 0.1) is 4.91 Å². The standard InChI is InChI=1S/C19H20N4O2/c24-22-18-15(7-6-14-4-3-9-21-17(14)18)19(16-5-1-2-8-20-16)23-10-12-25-13-11-23/h2-4,6-9,19H,1,5,10-13H2. The zero-order chi connectivity index (χ0) is 17.1. The van der Waals surface area contributed by atoms with Crippen molar-refractivity contribution in [2.75, 3.05) is 26.3 Å². The largest absolute Gasteiger partial charge is 0.379 e. The molecule has 0 spiro atoms. The van der Waals surface area contributed by atoms with Gasteiger partial charge in [-0.3, -0.25) is 14.9 Å². The van der Waals surface area contributed by atoms with Gasteiger partial charge in [-0.1, -0.05) is 24.3 Å². The van der Waals surface area contributed by atoms with Crippen LogP contribution in [0.5, 0.6) is 0 Å². The van der Waals surface area contributed by atoms with Gasteiger partial charge in [0, 0.05) is 42.1 Å². The second kappa shape index (κ2) is 7.21. The molecule has 2 aliphatic rings. The third kappa shape index (κ3) is 3.10. The maximum absolute atomic E-state index is 11.7. The van der Waals surface area contributed by atoms with E-state index in [9.17, 15) is 4.91 Å². The van der Waals surface area contributed by atoms with Gasteiger partial charge >= 0.3 is 0 Å². The van der Waals surface area contributed by atoms with Gasteiger partial charge in [0.15, 0.2) is 0 Å². The lowest BCUT2D eigenvalue weighted by molar-refractivity contribution is 0.0284. The lowest BCUT2D eigenvalue weighted by Crippen LogP contribution is -2.42. The molecule has 0 bridgehead atoms. The predicted molar refractivity (Wildman–Crippen MR) is 98.1 cm³/mol. The van der Waals surface area contributed by atoms with Gasteiger partial charge < -0.3 is 4.74 Å². The summed E-state index contributed by atoms with van der Waals surface area (Å²) in [6.45, 7) is 3.00. The molecule has 0 saturated carbocycles. The molecule has 0 N–H and O–H groups in total.